The molecule has 2 amide bonds. The Morgan fingerprint density at radius 3 is 2.89 bits per heavy atom. The average molecular weight is 323 g/mol. The molecule has 2 aliphatic heterocycles. The summed E-state index contributed by atoms with van der Waals surface area (Å²) in [4.78, 5) is 28.0. The Hall–Kier alpha value is -1.36. The molecule has 0 aromatic heterocycles. The number of anilines is 1. The number of nitrogens with zero attached hydrogens (tertiary/aromatic N) is 2. The molecule has 0 spiro atoms. The van der Waals surface area contributed by atoms with Crippen LogP contribution in [-0.2, 0) is 9.59 Å². The molecule has 2 aliphatic rings. The summed E-state index contributed by atoms with van der Waals surface area (Å²) in [6.45, 7) is 2.84. The zero-order chi connectivity index (χ0) is 13.6. The fraction of sp³-hybridized carbons (Fsp3) is 0.429. The van der Waals surface area contributed by atoms with Crippen LogP contribution in [0.2, 0.25) is 0 Å². The van der Waals surface area contributed by atoms with Crippen LogP contribution < -0.4 is 4.90 Å². The van der Waals surface area contributed by atoms with E-state index in [1.807, 2.05) is 25.1 Å². The van der Waals surface area contributed by atoms with Crippen LogP contribution in [0.3, 0.4) is 0 Å². The standard InChI is InChI=1S/C14H15BrN2O2/c1-9-10(15)4-2-5-11(9)17-8-13(18)16-7-3-6-12(16)14(17)19/h2,4-5,12H,3,6-8H2,1H3. The van der Waals surface area contributed by atoms with Crippen LogP contribution >= 0.6 is 15.9 Å². The van der Waals surface area contributed by atoms with Crippen molar-refractivity contribution < 1.29 is 9.59 Å². The number of halogens is 1. The third-order valence-electron chi connectivity index (χ3n) is 3.95. The maximum atomic E-state index is 12.5. The van der Waals surface area contributed by atoms with E-state index in [0.29, 0.717) is 0 Å². The molecular formula is C14H15BrN2O2. The molecule has 1 aromatic carbocycles. The Bertz CT molecular complexity index is 558. The van der Waals surface area contributed by atoms with Crippen LogP contribution in [0.15, 0.2) is 22.7 Å². The van der Waals surface area contributed by atoms with Crippen molar-refractivity contribution in [3.63, 3.8) is 0 Å². The fourth-order valence-electron chi connectivity index (χ4n) is 2.90. The van der Waals surface area contributed by atoms with E-state index in [1.54, 1.807) is 9.80 Å². The zero-order valence-corrected chi connectivity index (χ0v) is 12.3. The van der Waals surface area contributed by atoms with Crippen molar-refractivity contribution in [3.05, 3.63) is 28.2 Å². The number of fused-ring (bicyclic) bond motifs is 1. The minimum atomic E-state index is -0.250. The molecule has 19 heavy (non-hydrogen) atoms. The minimum absolute atomic E-state index is 0.0540. The van der Waals surface area contributed by atoms with Crippen molar-refractivity contribution >= 4 is 33.4 Å². The normalized spacial score (nSPS) is 22.9. The monoisotopic (exact) mass is 322 g/mol. The van der Waals surface area contributed by atoms with Gasteiger partial charge in [-0.3, -0.25) is 9.59 Å². The number of piperazine rings is 1. The van der Waals surface area contributed by atoms with E-state index in [0.717, 1.165) is 35.1 Å². The number of carbonyl (C=O) groups excluding carboxylic acids is 2. The maximum absolute atomic E-state index is 12.5. The van der Waals surface area contributed by atoms with Gasteiger partial charge in [0.05, 0.1) is 0 Å². The van der Waals surface area contributed by atoms with Crippen LogP contribution in [0.25, 0.3) is 0 Å². The lowest BCUT2D eigenvalue weighted by Crippen LogP contribution is -2.57. The van der Waals surface area contributed by atoms with Gasteiger partial charge in [-0.2, -0.15) is 0 Å². The third-order valence-corrected chi connectivity index (χ3v) is 4.81. The highest BCUT2D eigenvalue weighted by molar-refractivity contribution is 9.10. The first-order chi connectivity index (χ1) is 9.09. The number of hydrogen-bond donors (Lipinski definition) is 0. The largest absolute Gasteiger partial charge is 0.329 e. The Morgan fingerprint density at radius 2 is 2.11 bits per heavy atom. The van der Waals surface area contributed by atoms with Crippen molar-refractivity contribution in [1.29, 1.82) is 0 Å². The van der Waals surface area contributed by atoms with E-state index >= 15 is 0 Å². The van der Waals surface area contributed by atoms with Gasteiger partial charge < -0.3 is 9.80 Å². The summed E-state index contributed by atoms with van der Waals surface area (Å²) in [5, 5.41) is 0. The Morgan fingerprint density at radius 1 is 1.32 bits per heavy atom. The molecule has 0 N–H and O–H groups in total. The molecule has 0 aliphatic carbocycles. The van der Waals surface area contributed by atoms with Crippen LogP contribution in [0.1, 0.15) is 18.4 Å². The van der Waals surface area contributed by atoms with E-state index in [-0.39, 0.29) is 24.4 Å². The highest BCUT2D eigenvalue weighted by Gasteiger charge is 2.42. The summed E-state index contributed by atoms with van der Waals surface area (Å²) in [5.41, 5.74) is 1.83. The molecule has 2 saturated heterocycles. The summed E-state index contributed by atoms with van der Waals surface area (Å²) < 4.78 is 0.958. The predicted molar refractivity (Wildman–Crippen MR) is 76.0 cm³/mol. The van der Waals surface area contributed by atoms with Gasteiger partial charge in [0.2, 0.25) is 11.8 Å². The summed E-state index contributed by atoms with van der Waals surface area (Å²) >= 11 is 3.47. The van der Waals surface area contributed by atoms with Gasteiger partial charge in [-0.15, -0.1) is 0 Å². The van der Waals surface area contributed by atoms with Crippen LogP contribution in [0.5, 0.6) is 0 Å². The fourth-order valence-corrected chi connectivity index (χ4v) is 3.25. The molecule has 1 unspecified atom stereocenters. The molecule has 5 heteroatoms. The van der Waals surface area contributed by atoms with Crippen molar-refractivity contribution in [1.82, 2.24) is 4.90 Å². The van der Waals surface area contributed by atoms with Crippen molar-refractivity contribution in [2.24, 2.45) is 0 Å². The highest BCUT2D eigenvalue weighted by Crippen LogP contribution is 2.31. The number of carbonyl (C=O) groups is 2. The number of amides is 2. The summed E-state index contributed by atoms with van der Waals surface area (Å²) in [7, 11) is 0. The Labute approximate surface area is 120 Å². The highest BCUT2D eigenvalue weighted by atomic mass is 79.9. The van der Waals surface area contributed by atoms with E-state index < -0.39 is 0 Å². The van der Waals surface area contributed by atoms with Gasteiger partial charge >= 0.3 is 0 Å². The SMILES string of the molecule is Cc1c(Br)cccc1N1CC(=O)N2CCCC2C1=O. The molecule has 0 bridgehead atoms. The molecule has 1 atom stereocenters. The molecule has 0 saturated carbocycles. The van der Waals surface area contributed by atoms with Gasteiger partial charge in [0.25, 0.3) is 0 Å². The second-order valence-electron chi connectivity index (χ2n) is 5.05. The maximum Gasteiger partial charge on any atom is 0.250 e. The second-order valence-corrected chi connectivity index (χ2v) is 5.91. The van der Waals surface area contributed by atoms with E-state index in [1.165, 1.54) is 0 Å². The Balaban J connectivity index is 1.99. The summed E-state index contributed by atoms with van der Waals surface area (Å²) in [6, 6.07) is 5.48. The van der Waals surface area contributed by atoms with Crippen molar-refractivity contribution in [2.45, 2.75) is 25.8 Å². The predicted octanol–water partition coefficient (Wildman–Crippen LogP) is 2.10. The lowest BCUT2D eigenvalue weighted by Gasteiger charge is -2.37. The lowest BCUT2D eigenvalue weighted by molar-refractivity contribution is -0.140. The van der Waals surface area contributed by atoms with Crippen molar-refractivity contribution in [2.75, 3.05) is 18.0 Å². The summed E-state index contributed by atoms with van der Waals surface area (Å²) in [5.74, 6) is 0.111. The van der Waals surface area contributed by atoms with Crippen molar-refractivity contribution in [3.8, 4) is 0 Å². The molecule has 0 radical (unpaired) electrons. The molecule has 3 rings (SSSR count). The molecule has 4 nitrogen and oxygen atoms in total. The minimum Gasteiger partial charge on any atom is -0.329 e. The van der Waals surface area contributed by atoms with E-state index in [2.05, 4.69) is 15.9 Å². The van der Waals surface area contributed by atoms with Gasteiger partial charge in [-0.05, 0) is 37.5 Å². The zero-order valence-electron chi connectivity index (χ0n) is 10.7. The second kappa shape index (κ2) is 4.63. The van der Waals surface area contributed by atoms with E-state index in [9.17, 15) is 9.59 Å². The molecule has 1 aromatic rings. The molecule has 100 valence electrons. The van der Waals surface area contributed by atoms with Gasteiger partial charge in [0.15, 0.2) is 0 Å². The Kier molecular flexibility index (Phi) is 3.09. The van der Waals surface area contributed by atoms with E-state index in [4.69, 9.17) is 0 Å². The number of rotatable bonds is 1. The van der Waals surface area contributed by atoms with Gasteiger partial charge in [0.1, 0.15) is 12.6 Å². The number of benzene rings is 1. The quantitative estimate of drug-likeness (QED) is 0.794. The first kappa shape index (κ1) is 12.7. The van der Waals surface area contributed by atoms with Crippen LogP contribution in [-0.4, -0.2) is 35.8 Å². The summed E-state index contributed by atoms with van der Waals surface area (Å²) in [6.07, 6.45) is 1.71. The van der Waals surface area contributed by atoms with Gasteiger partial charge in [-0.1, -0.05) is 22.0 Å². The topological polar surface area (TPSA) is 40.6 Å². The third kappa shape index (κ3) is 1.96. The first-order valence-electron chi connectivity index (χ1n) is 6.45. The molecular weight excluding hydrogens is 308 g/mol. The number of hydrogen-bond acceptors (Lipinski definition) is 2. The molecule has 2 heterocycles. The van der Waals surface area contributed by atoms with Crippen LogP contribution in [0.4, 0.5) is 5.69 Å². The van der Waals surface area contributed by atoms with Crippen LogP contribution in [0, 0.1) is 6.92 Å². The van der Waals surface area contributed by atoms with Gasteiger partial charge in [-0.25, -0.2) is 0 Å². The van der Waals surface area contributed by atoms with Gasteiger partial charge in [0, 0.05) is 16.7 Å². The lowest BCUT2D eigenvalue weighted by atomic mass is 10.1. The smallest absolute Gasteiger partial charge is 0.250 e. The average Bonchev–Trinajstić information content (AvgIpc) is 2.87. The first-order valence-corrected chi connectivity index (χ1v) is 7.25. The molecule has 2 fully saturated rings.